The molecule has 2 rings (SSSR count). The Hall–Kier alpha value is -1.56. The lowest BCUT2D eigenvalue weighted by Crippen LogP contribution is -2.46. The van der Waals surface area contributed by atoms with Crippen molar-refractivity contribution in [3.63, 3.8) is 0 Å². The van der Waals surface area contributed by atoms with Crippen molar-refractivity contribution < 1.29 is 8.95 Å². The van der Waals surface area contributed by atoms with Gasteiger partial charge in [0.15, 0.2) is 5.96 Å². The summed E-state index contributed by atoms with van der Waals surface area (Å²) in [5, 5.41) is 7.21. The summed E-state index contributed by atoms with van der Waals surface area (Å²) in [5.41, 5.74) is 1.22. The molecule has 6 heteroatoms. The first kappa shape index (κ1) is 20.7. The molecule has 0 spiro atoms. The minimum absolute atomic E-state index is 0.325. The summed E-state index contributed by atoms with van der Waals surface area (Å²) in [4.78, 5) is 4.73. The minimum Gasteiger partial charge on any atom is -0.497 e. The number of hydrogen-bond donors (Lipinski definition) is 2. The summed E-state index contributed by atoms with van der Waals surface area (Å²) < 4.78 is 17.4. The Bertz CT molecular complexity index is 606. The third kappa shape index (κ3) is 6.63. The molecule has 1 saturated carbocycles. The van der Waals surface area contributed by atoms with Crippen LogP contribution < -0.4 is 15.4 Å². The predicted molar refractivity (Wildman–Crippen MR) is 111 cm³/mol. The number of rotatable bonds is 8. The Morgan fingerprint density at radius 1 is 1.35 bits per heavy atom. The van der Waals surface area contributed by atoms with E-state index in [4.69, 9.17) is 9.73 Å². The first-order chi connectivity index (χ1) is 12.7. The number of aliphatic imine (C=N–C) groups is 1. The molecule has 0 heterocycles. The van der Waals surface area contributed by atoms with Crippen molar-refractivity contribution >= 4 is 16.8 Å². The number of nitrogens with zero attached hydrogens (tertiary/aromatic N) is 1. The van der Waals surface area contributed by atoms with E-state index in [0.29, 0.717) is 11.3 Å². The van der Waals surface area contributed by atoms with E-state index in [9.17, 15) is 4.21 Å². The van der Waals surface area contributed by atoms with Crippen molar-refractivity contribution in [3.05, 3.63) is 29.8 Å². The van der Waals surface area contributed by atoms with Gasteiger partial charge in [-0.05, 0) is 50.3 Å². The molecule has 26 heavy (non-hydrogen) atoms. The molecule has 1 aliphatic rings. The van der Waals surface area contributed by atoms with Crippen molar-refractivity contribution in [2.75, 3.05) is 26.0 Å². The summed E-state index contributed by atoms with van der Waals surface area (Å²) in [5.74, 6) is 2.50. The zero-order valence-corrected chi connectivity index (χ0v) is 17.1. The standard InChI is InChI=1S/C20H33N3O2S/c1-4-21-20(22-13-12-16-8-6-10-18(14-16)25-3)23-17-9-7-11-19(15-17)26(24)5-2/h6,8,10,14,17,19H,4-5,7,9,11-13,15H2,1-3H3,(H2,21,22,23). The van der Waals surface area contributed by atoms with Crippen LogP contribution in [0.5, 0.6) is 5.75 Å². The van der Waals surface area contributed by atoms with Crippen molar-refractivity contribution in [1.29, 1.82) is 0 Å². The predicted octanol–water partition coefficient (Wildman–Crippen LogP) is 2.87. The highest BCUT2D eigenvalue weighted by atomic mass is 32.2. The van der Waals surface area contributed by atoms with Crippen LogP contribution in [0.4, 0.5) is 0 Å². The van der Waals surface area contributed by atoms with Crippen molar-refractivity contribution in [1.82, 2.24) is 10.6 Å². The number of nitrogens with one attached hydrogen (secondary N) is 2. The molecule has 1 aromatic rings. The molecule has 0 saturated heterocycles. The summed E-state index contributed by atoms with van der Waals surface area (Å²) in [7, 11) is 0.990. The fourth-order valence-corrected chi connectivity index (χ4v) is 4.74. The number of hydrogen-bond acceptors (Lipinski definition) is 3. The molecule has 3 unspecified atom stereocenters. The second-order valence-electron chi connectivity index (χ2n) is 6.66. The number of benzene rings is 1. The summed E-state index contributed by atoms with van der Waals surface area (Å²) in [6.07, 6.45) is 5.19. The molecule has 5 nitrogen and oxygen atoms in total. The third-order valence-electron chi connectivity index (χ3n) is 4.77. The van der Waals surface area contributed by atoms with Gasteiger partial charge in [0.2, 0.25) is 0 Å². The maximum atomic E-state index is 12.1. The first-order valence-corrected chi connectivity index (χ1v) is 11.1. The maximum Gasteiger partial charge on any atom is 0.191 e. The van der Waals surface area contributed by atoms with E-state index < -0.39 is 10.8 Å². The monoisotopic (exact) mass is 379 g/mol. The van der Waals surface area contributed by atoms with Gasteiger partial charge >= 0.3 is 0 Å². The lowest BCUT2D eigenvalue weighted by atomic mass is 9.95. The van der Waals surface area contributed by atoms with E-state index in [2.05, 4.69) is 29.7 Å². The zero-order valence-electron chi connectivity index (χ0n) is 16.3. The smallest absolute Gasteiger partial charge is 0.191 e. The van der Waals surface area contributed by atoms with Crippen LogP contribution >= 0.6 is 0 Å². The molecule has 0 radical (unpaired) electrons. The molecule has 0 bridgehead atoms. The van der Waals surface area contributed by atoms with Gasteiger partial charge in [-0.1, -0.05) is 25.5 Å². The Kier molecular flexibility index (Phi) is 8.95. The molecule has 1 aliphatic carbocycles. The van der Waals surface area contributed by atoms with Gasteiger partial charge in [0.05, 0.1) is 7.11 Å². The lowest BCUT2D eigenvalue weighted by Gasteiger charge is -2.30. The quantitative estimate of drug-likeness (QED) is 0.539. The first-order valence-electron chi connectivity index (χ1n) is 9.71. The SMILES string of the molecule is CCNC(=NCCc1cccc(OC)c1)NC1CCCC(S(=O)CC)C1. The maximum absolute atomic E-state index is 12.1. The van der Waals surface area contributed by atoms with E-state index in [1.165, 1.54) is 5.56 Å². The van der Waals surface area contributed by atoms with Crippen LogP contribution in [0.2, 0.25) is 0 Å². The number of methoxy groups -OCH3 is 1. The van der Waals surface area contributed by atoms with E-state index in [1.807, 2.05) is 19.1 Å². The van der Waals surface area contributed by atoms with Crippen molar-refractivity contribution in [3.8, 4) is 5.75 Å². The molecule has 2 N–H and O–H groups in total. The Balaban J connectivity index is 1.90. The van der Waals surface area contributed by atoms with Crippen LogP contribution in [0.1, 0.15) is 45.1 Å². The highest BCUT2D eigenvalue weighted by Gasteiger charge is 2.25. The van der Waals surface area contributed by atoms with Gasteiger partial charge in [-0.2, -0.15) is 0 Å². The number of guanidine groups is 1. The normalized spacial score (nSPS) is 21.9. The van der Waals surface area contributed by atoms with Crippen LogP contribution in [-0.4, -0.2) is 47.4 Å². The van der Waals surface area contributed by atoms with Gasteiger partial charge < -0.3 is 15.4 Å². The molecule has 1 aromatic carbocycles. The fraction of sp³-hybridized carbons (Fsp3) is 0.650. The summed E-state index contributed by atoms with van der Waals surface area (Å²) >= 11 is 0. The van der Waals surface area contributed by atoms with Crippen molar-refractivity contribution in [2.45, 2.75) is 57.2 Å². The van der Waals surface area contributed by atoms with Gasteiger partial charge in [0.1, 0.15) is 5.75 Å². The average Bonchev–Trinajstić information content (AvgIpc) is 2.68. The van der Waals surface area contributed by atoms with E-state index in [1.54, 1.807) is 7.11 Å². The fourth-order valence-electron chi connectivity index (χ4n) is 3.39. The molecule has 0 aromatic heterocycles. The van der Waals surface area contributed by atoms with E-state index >= 15 is 0 Å². The van der Waals surface area contributed by atoms with Crippen molar-refractivity contribution in [2.24, 2.45) is 4.99 Å². The van der Waals surface area contributed by atoms with Gasteiger partial charge in [-0.3, -0.25) is 9.20 Å². The second kappa shape index (κ2) is 11.2. The van der Waals surface area contributed by atoms with Crippen LogP contribution in [0.3, 0.4) is 0 Å². The van der Waals surface area contributed by atoms with E-state index in [-0.39, 0.29) is 0 Å². The van der Waals surface area contributed by atoms with Crippen LogP contribution in [0, 0.1) is 0 Å². The minimum atomic E-state index is -0.698. The molecule has 0 aliphatic heterocycles. The Labute approximate surface area is 160 Å². The second-order valence-corrected chi connectivity index (χ2v) is 8.67. The number of ether oxygens (including phenoxy) is 1. The van der Waals surface area contributed by atoms with Crippen LogP contribution in [0.15, 0.2) is 29.3 Å². The zero-order chi connectivity index (χ0) is 18.8. The Morgan fingerprint density at radius 3 is 2.92 bits per heavy atom. The third-order valence-corrected chi connectivity index (χ3v) is 6.51. The van der Waals surface area contributed by atoms with Gasteiger partial charge in [-0.25, -0.2) is 0 Å². The molecule has 1 fully saturated rings. The molecule has 146 valence electrons. The lowest BCUT2D eigenvalue weighted by molar-refractivity contribution is 0.413. The van der Waals surface area contributed by atoms with Crippen LogP contribution in [0.25, 0.3) is 0 Å². The molecule has 0 amide bonds. The molecule has 3 atom stereocenters. The summed E-state index contributed by atoms with van der Waals surface area (Å²) in [6.45, 7) is 5.65. The van der Waals surface area contributed by atoms with Crippen LogP contribution in [-0.2, 0) is 17.2 Å². The largest absolute Gasteiger partial charge is 0.497 e. The highest BCUT2D eigenvalue weighted by molar-refractivity contribution is 7.85. The van der Waals surface area contributed by atoms with E-state index in [0.717, 1.165) is 62.7 Å². The molecular formula is C20H33N3O2S. The summed E-state index contributed by atoms with van der Waals surface area (Å²) in [6, 6.07) is 8.49. The highest BCUT2D eigenvalue weighted by Crippen LogP contribution is 2.23. The molecular weight excluding hydrogens is 346 g/mol. The van der Waals surface area contributed by atoms with Gasteiger partial charge in [0.25, 0.3) is 0 Å². The van der Waals surface area contributed by atoms with Gasteiger partial charge in [0, 0.05) is 40.9 Å². The Morgan fingerprint density at radius 2 is 2.19 bits per heavy atom. The average molecular weight is 380 g/mol. The van der Waals surface area contributed by atoms with Gasteiger partial charge in [-0.15, -0.1) is 0 Å². The topological polar surface area (TPSA) is 62.7 Å².